The van der Waals surface area contributed by atoms with E-state index in [1.165, 1.54) is 6.07 Å². The Bertz CT molecular complexity index is 466. The first-order chi connectivity index (χ1) is 9.99. The van der Waals surface area contributed by atoms with Gasteiger partial charge in [0, 0.05) is 24.2 Å². The van der Waals surface area contributed by atoms with E-state index in [4.69, 9.17) is 4.74 Å². The Balaban J connectivity index is 2.69. The van der Waals surface area contributed by atoms with Crippen molar-refractivity contribution in [2.24, 2.45) is 0 Å². The number of rotatable bonds is 8. The topological polar surface area (TPSA) is 50.4 Å². The summed E-state index contributed by atoms with van der Waals surface area (Å²) in [5, 5.41) is 5.90. The highest BCUT2D eigenvalue weighted by atomic mass is 19.1. The minimum Gasteiger partial charge on any atom is -0.481 e. The second kappa shape index (κ2) is 8.62. The maximum absolute atomic E-state index is 14.1. The fraction of sp³-hybridized carbons (Fsp3) is 0.562. The summed E-state index contributed by atoms with van der Waals surface area (Å²) in [6.07, 6.45) is 0.220. The summed E-state index contributed by atoms with van der Waals surface area (Å²) in [5.41, 5.74) is 0.590. The highest BCUT2D eigenvalue weighted by molar-refractivity contribution is 5.80. The summed E-state index contributed by atoms with van der Waals surface area (Å²) < 4.78 is 19.5. The summed E-state index contributed by atoms with van der Waals surface area (Å²) >= 11 is 0. The summed E-state index contributed by atoms with van der Waals surface area (Å²) in [5.74, 6) is -0.163. The number of ether oxygens (including phenoxy) is 1. The molecule has 0 heterocycles. The van der Waals surface area contributed by atoms with Crippen molar-refractivity contribution >= 4 is 5.91 Å². The molecule has 0 bridgehead atoms. The molecule has 0 aliphatic rings. The van der Waals surface area contributed by atoms with E-state index in [0.717, 1.165) is 13.0 Å². The van der Waals surface area contributed by atoms with Crippen LogP contribution in [0.4, 0.5) is 4.39 Å². The van der Waals surface area contributed by atoms with Gasteiger partial charge >= 0.3 is 0 Å². The number of benzene rings is 1. The molecule has 2 N–H and O–H groups in total. The Kier molecular flexibility index (Phi) is 7.15. The normalized spacial score (nSPS) is 13.6. The van der Waals surface area contributed by atoms with E-state index in [0.29, 0.717) is 17.9 Å². The maximum atomic E-state index is 14.1. The highest BCUT2D eigenvalue weighted by Crippen LogP contribution is 2.22. The van der Waals surface area contributed by atoms with Crippen LogP contribution in [0, 0.1) is 5.82 Å². The molecule has 0 radical (unpaired) electrons. The quantitative estimate of drug-likeness (QED) is 0.775. The minimum atomic E-state index is -0.645. The van der Waals surface area contributed by atoms with Crippen LogP contribution in [0.5, 0.6) is 5.75 Å². The summed E-state index contributed by atoms with van der Waals surface area (Å²) in [6, 6.07) is 4.64. The molecule has 118 valence electrons. The molecule has 0 saturated carbocycles. The summed E-state index contributed by atoms with van der Waals surface area (Å²) in [6.45, 7) is 8.89. The Labute approximate surface area is 126 Å². The number of carbonyl (C=O) groups excluding carboxylic acids is 1. The standard InChI is InChI=1S/C16H25FN2O2/c1-5-9-19-16(20)12(4)21-13-7-8-14(15(17)10-13)11(3)18-6-2/h7-8,10-12,18H,5-6,9H2,1-4H3,(H,19,20). The van der Waals surface area contributed by atoms with Crippen LogP contribution >= 0.6 is 0 Å². The molecule has 0 fully saturated rings. The fourth-order valence-corrected chi connectivity index (χ4v) is 2.00. The van der Waals surface area contributed by atoms with Crippen molar-refractivity contribution in [3.8, 4) is 5.75 Å². The van der Waals surface area contributed by atoms with Gasteiger partial charge in [0.1, 0.15) is 11.6 Å². The second-order valence-corrected chi connectivity index (χ2v) is 5.01. The van der Waals surface area contributed by atoms with E-state index in [1.54, 1.807) is 19.1 Å². The summed E-state index contributed by atoms with van der Waals surface area (Å²) in [4.78, 5) is 11.7. The van der Waals surface area contributed by atoms with Crippen molar-refractivity contribution in [3.63, 3.8) is 0 Å². The van der Waals surface area contributed by atoms with Crippen molar-refractivity contribution in [2.45, 2.75) is 46.3 Å². The van der Waals surface area contributed by atoms with Gasteiger partial charge in [-0.1, -0.05) is 19.9 Å². The third-order valence-corrected chi connectivity index (χ3v) is 3.18. The molecule has 0 saturated heterocycles. The smallest absolute Gasteiger partial charge is 0.260 e. The van der Waals surface area contributed by atoms with Crippen molar-refractivity contribution < 1.29 is 13.9 Å². The molecule has 2 atom stereocenters. The molecule has 1 amide bonds. The predicted molar refractivity (Wildman–Crippen MR) is 81.9 cm³/mol. The molecule has 1 aromatic rings. The zero-order valence-corrected chi connectivity index (χ0v) is 13.2. The average molecular weight is 296 g/mol. The van der Waals surface area contributed by atoms with Gasteiger partial charge in [-0.25, -0.2) is 4.39 Å². The molecule has 1 rings (SSSR count). The lowest BCUT2D eigenvalue weighted by molar-refractivity contribution is -0.127. The van der Waals surface area contributed by atoms with Crippen LogP contribution in [-0.2, 0) is 4.79 Å². The zero-order chi connectivity index (χ0) is 15.8. The molecule has 0 aromatic heterocycles. The Morgan fingerprint density at radius 3 is 2.62 bits per heavy atom. The van der Waals surface area contributed by atoms with Crippen molar-refractivity contribution in [1.29, 1.82) is 0 Å². The second-order valence-electron chi connectivity index (χ2n) is 5.01. The summed E-state index contributed by atoms with van der Waals surface area (Å²) in [7, 11) is 0. The number of carbonyl (C=O) groups is 1. The van der Waals surface area contributed by atoms with Gasteiger partial charge in [-0.15, -0.1) is 0 Å². The molecule has 1 aromatic carbocycles. The van der Waals surface area contributed by atoms with Crippen LogP contribution in [0.2, 0.25) is 0 Å². The van der Waals surface area contributed by atoms with E-state index in [1.807, 2.05) is 20.8 Å². The molecule has 0 spiro atoms. The van der Waals surface area contributed by atoms with Crippen molar-refractivity contribution in [1.82, 2.24) is 10.6 Å². The predicted octanol–water partition coefficient (Wildman–Crippen LogP) is 2.79. The van der Waals surface area contributed by atoms with Gasteiger partial charge in [-0.3, -0.25) is 4.79 Å². The van der Waals surface area contributed by atoms with Crippen molar-refractivity contribution in [3.05, 3.63) is 29.6 Å². The van der Waals surface area contributed by atoms with Crippen LogP contribution in [0.15, 0.2) is 18.2 Å². The van der Waals surface area contributed by atoms with E-state index in [9.17, 15) is 9.18 Å². The van der Waals surface area contributed by atoms with Crippen LogP contribution in [0.25, 0.3) is 0 Å². The molecule has 0 aliphatic heterocycles. The monoisotopic (exact) mass is 296 g/mol. The van der Waals surface area contributed by atoms with Gasteiger partial charge in [0.2, 0.25) is 0 Å². The SMILES string of the molecule is CCCNC(=O)C(C)Oc1ccc(C(C)NCC)c(F)c1. The third kappa shape index (κ3) is 5.34. The third-order valence-electron chi connectivity index (χ3n) is 3.18. The Morgan fingerprint density at radius 1 is 1.33 bits per heavy atom. The van der Waals surface area contributed by atoms with Crippen LogP contribution in [0.1, 0.15) is 45.7 Å². The van der Waals surface area contributed by atoms with E-state index < -0.39 is 6.10 Å². The lowest BCUT2D eigenvalue weighted by Gasteiger charge is -2.17. The molecule has 5 heteroatoms. The van der Waals surface area contributed by atoms with Gasteiger partial charge in [0.15, 0.2) is 6.10 Å². The molecular formula is C16H25FN2O2. The number of hydrogen-bond acceptors (Lipinski definition) is 3. The van der Waals surface area contributed by atoms with E-state index in [-0.39, 0.29) is 17.8 Å². The van der Waals surface area contributed by atoms with Gasteiger partial charge in [-0.05, 0) is 32.9 Å². The molecule has 21 heavy (non-hydrogen) atoms. The van der Waals surface area contributed by atoms with Gasteiger partial charge in [0.05, 0.1) is 0 Å². The number of halogens is 1. The largest absolute Gasteiger partial charge is 0.481 e. The maximum Gasteiger partial charge on any atom is 0.260 e. The van der Waals surface area contributed by atoms with E-state index in [2.05, 4.69) is 10.6 Å². The molecule has 0 aliphatic carbocycles. The minimum absolute atomic E-state index is 0.0608. The van der Waals surface area contributed by atoms with Crippen molar-refractivity contribution in [2.75, 3.05) is 13.1 Å². The number of amides is 1. The highest BCUT2D eigenvalue weighted by Gasteiger charge is 2.16. The number of nitrogens with one attached hydrogen (secondary N) is 2. The Hall–Kier alpha value is -1.62. The average Bonchev–Trinajstić information content (AvgIpc) is 2.44. The van der Waals surface area contributed by atoms with Crippen LogP contribution in [-0.4, -0.2) is 25.1 Å². The van der Waals surface area contributed by atoms with E-state index >= 15 is 0 Å². The first-order valence-electron chi connectivity index (χ1n) is 7.46. The molecule has 2 unspecified atom stereocenters. The first-order valence-corrected chi connectivity index (χ1v) is 7.46. The van der Waals surface area contributed by atoms with Crippen LogP contribution < -0.4 is 15.4 Å². The number of hydrogen-bond donors (Lipinski definition) is 2. The first kappa shape index (κ1) is 17.4. The zero-order valence-electron chi connectivity index (χ0n) is 13.2. The lowest BCUT2D eigenvalue weighted by Crippen LogP contribution is -2.36. The Morgan fingerprint density at radius 2 is 2.05 bits per heavy atom. The van der Waals surface area contributed by atoms with Gasteiger partial charge in [-0.2, -0.15) is 0 Å². The van der Waals surface area contributed by atoms with Gasteiger partial charge in [0.25, 0.3) is 5.91 Å². The molecule has 4 nitrogen and oxygen atoms in total. The molecular weight excluding hydrogens is 271 g/mol. The lowest BCUT2D eigenvalue weighted by atomic mass is 10.1. The van der Waals surface area contributed by atoms with Gasteiger partial charge < -0.3 is 15.4 Å². The fourth-order valence-electron chi connectivity index (χ4n) is 2.00. The van der Waals surface area contributed by atoms with Crippen LogP contribution in [0.3, 0.4) is 0 Å².